The summed E-state index contributed by atoms with van der Waals surface area (Å²) in [5.41, 5.74) is 1.54. The van der Waals surface area contributed by atoms with Crippen LogP contribution in [0, 0.1) is 5.92 Å². The third kappa shape index (κ3) is 7.77. The van der Waals surface area contributed by atoms with Crippen molar-refractivity contribution >= 4 is 50.8 Å². The molecule has 0 unspecified atom stereocenters. The van der Waals surface area contributed by atoms with Crippen molar-refractivity contribution in [2.24, 2.45) is 5.92 Å². The zero-order chi connectivity index (χ0) is 25.4. The van der Waals surface area contributed by atoms with Gasteiger partial charge < -0.3 is 15.0 Å². The Morgan fingerprint density at radius 3 is 2.54 bits per heavy atom. The summed E-state index contributed by atoms with van der Waals surface area (Å²) >= 11 is 8.86. The van der Waals surface area contributed by atoms with Crippen LogP contribution in [0.1, 0.15) is 73.1 Å². The van der Waals surface area contributed by atoms with E-state index in [1.54, 1.807) is 30.3 Å². The maximum atomic E-state index is 13.2. The number of nitrogens with zero attached hydrogens (tertiary/aromatic N) is 1. The molecule has 2 aromatic rings. The van der Waals surface area contributed by atoms with Crippen molar-refractivity contribution in [2.45, 2.75) is 58.4 Å². The second kappa shape index (κ2) is 13.0. The molecule has 6 nitrogen and oxygen atoms in total. The Labute approximate surface area is 221 Å². The summed E-state index contributed by atoms with van der Waals surface area (Å²) < 4.78 is 6.49. The molecular formula is C27H34BrN3O3S. The molecule has 2 amide bonds. The molecular weight excluding hydrogens is 526 g/mol. The van der Waals surface area contributed by atoms with Gasteiger partial charge in [-0.2, -0.15) is 0 Å². The zero-order valence-corrected chi connectivity index (χ0v) is 23.0. The maximum Gasteiger partial charge on any atom is 0.257 e. The number of anilines is 1. The van der Waals surface area contributed by atoms with Gasteiger partial charge in [0.05, 0.1) is 22.3 Å². The van der Waals surface area contributed by atoms with E-state index in [9.17, 15) is 9.59 Å². The number of benzene rings is 2. The van der Waals surface area contributed by atoms with Crippen LogP contribution in [0.15, 0.2) is 46.9 Å². The molecule has 1 aliphatic rings. The predicted molar refractivity (Wildman–Crippen MR) is 148 cm³/mol. The number of nitrogens with one attached hydrogen (secondary N) is 2. The largest absolute Gasteiger partial charge is 0.492 e. The number of carbonyl (C=O) groups is 2. The van der Waals surface area contributed by atoms with Gasteiger partial charge in [0.2, 0.25) is 0 Å². The molecule has 2 aromatic carbocycles. The van der Waals surface area contributed by atoms with Crippen LogP contribution in [0.2, 0.25) is 0 Å². The van der Waals surface area contributed by atoms with Crippen LogP contribution in [0.5, 0.6) is 5.75 Å². The van der Waals surface area contributed by atoms with Crippen LogP contribution in [0.25, 0.3) is 0 Å². The fourth-order valence-corrected chi connectivity index (χ4v) is 4.79. The first-order chi connectivity index (χ1) is 16.8. The van der Waals surface area contributed by atoms with E-state index in [2.05, 4.69) is 40.4 Å². The molecule has 1 saturated carbocycles. The minimum absolute atomic E-state index is 0.0499. The molecule has 35 heavy (non-hydrogen) atoms. The lowest BCUT2D eigenvalue weighted by atomic mass is 9.94. The van der Waals surface area contributed by atoms with E-state index in [0.717, 1.165) is 32.1 Å². The number of hydrogen-bond donors (Lipinski definition) is 2. The first kappa shape index (κ1) is 27.1. The molecule has 0 radical (unpaired) electrons. The Hall–Kier alpha value is -2.45. The summed E-state index contributed by atoms with van der Waals surface area (Å²) in [6.45, 7) is 4.90. The molecule has 188 valence electrons. The van der Waals surface area contributed by atoms with E-state index in [-0.39, 0.29) is 23.0 Å². The second-order valence-electron chi connectivity index (χ2n) is 9.34. The number of hydrogen-bond acceptors (Lipinski definition) is 4. The van der Waals surface area contributed by atoms with Gasteiger partial charge in [0.25, 0.3) is 11.8 Å². The van der Waals surface area contributed by atoms with Crippen LogP contribution in [0.3, 0.4) is 0 Å². The summed E-state index contributed by atoms with van der Waals surface area (Å²) in [6, 6.07) is 12.7. The smallest absolute Gasteiger partial charge is 0.257 e. The van der Waals surface area contributed by atoms with Gasteiger partial charge in [-0.1, -0.05) is 45.2 Å². The summed E-state index contributed by atoms with van der Waals surface area (Å²) in [5, 5.41) is 5.86. The lowest BCUT2D eigenvalue weighted by molar-refractivity contribution is 0.0697. The molecule has 0 aromatic heterocycles. The number of rotatable bonds is 8. The zero-order valence-electron chi connectivity index (χ0n) is 20.6. The summed E-state index contributed by atoms with van der Waals surface area (Å²) in [7, 11) is 1.86. The number of para-hydroxylation sites is 1. The third-order valence-electron chi connectivity index (χ3n) is 6.22. The molecule has 8 heteroatoms. The molecule has 0 saturated heterocycles. The first-order valence-corrected chi connectivity index (χ1v) is 13.4. The number of ether oxygens (including phenoxy) is 1. The van der Waals surface area contributed by atoms with E-state index in [0.29, 0.717) is 39.6 Å². The molecule has 1 aliphatic carbocycles. The molecule has 2 N–H and O–H groups in total. The van der Waals surface area contributed by atoms with Crippen LogP contribution < -0.4 is 15.4 Å². The van der Waals surface area contributed by atoms with Gasteiger partial charge >= 0.3 is 0 Å². The van der Waals surface area contributed by atoms with E-state index < -0.39 is 0 Å². The number of halogens is 1. The molecule has 0 atom stereocenters. The SMILES string of the molecule is CC(C)CCOc1ccc(C(=O)NC(=S)Nc2ccccc2C(=O)N(C)C2CCCCC2)cc1Br. The Morgan fingerprint density at radius 2 is 1.86 bits per heavy atom. The van der Waals surface area contributed by atoms with Gasteiger partial charge in [-0.05, 0) is 83.7 Å². The molecule has 0 heterocycles. The predicted octanol–water partition coefficient (Wildman–Crippen LogP) is 6.41. The highest BCUT2D eigenvalue weighted by molar-refractivity contribution is 9.10. The van der Waals surface area contributed by atoms with Gasteiger partial charge in [0.15, 0.2) is 5.11 Å². The fraction of sp³-hybridized carbons (Fsp3) is 0.444. The van der Waals surface area contributed by atoms with Gasteiger partial charge in [-0.15, -0.1) is 0 Å². The Balaban J connectivity index is 1.62. The minimum Gasteiger partial charge on any atom is -0.492 e. The Morgan fingerprint density at radius 1 is 1.14 bits per heavy atom. The normalized spacial score (nSPS) is 13.9. The van der Waals surface area contributed by atoms with Crippen molar-refractivity contribution in [2.75, 3.05) is 19.0 Å². The number of thiocarbonyl (C=S) groups is 1. The average molecular weight is 561 g/mol. The lowest BCUT2D eigenvalue weighted by Crippen LogP contribution is -2.39. The van der Waals surface area contributed by atoms with Crippen LogP contribution in [0.4, 0.5) is 5.69 Å². The highest BCUT2D eigenvalue weighted by Crippen LogP contribution is 2.27. The highest BCUT2D eigenvalue weighted by atomic mass is 79.9. The van der Waals surface area contributed by atoms with Gasteiger partial charge in [0.1, 0.15) is 5.75 Å². The van der Waals surface area contributed by atoms with Crippen molar-refractivity contribution in [3.63, 3.8) is 0 Å². The summed E-state index contributed by atoms with van der Waals surface area (Å²) in [5.74, 6) is 0.851. The Kier molecular flexibility index (Phi) is 10.1. The molecule has 0 bridgehead atoms. The van der Waals surface area contributed by atoms with Crippen LogP contribution in [-0.4, -0.2) is 41.5 Å². The lowest BCUT2D eigenvalue weighted by Gasteiger charge is -2.31. The van der Waals surface area contributed by atoms with Crippen molar-refractivity contribution in [1.82, 2.24) is 10.2 Å². The minimum atomic E-state index is -0.347. The van der Waals surface area contributed by atoms with Crippen LogP contribution in [-0.2, 0) is 0 Å². The van der Waals surface area contributed by atoms with E-state index in [1.807, 2.05) is 24.1 Å². The molecule has 1 fully saturated rings. The number of carbonyl (C=O) groups excluding carboxylic acids is 2. The van der Waals surface area contributed by atoms with Crippen molar-refractivity contribution in [3.05, 3.63) is 58.1 Å². The van der Waals surface area contributed by atoms with Gasteiger partial charge in [0, 0.05) is 18.7 Å². The topological polar surface area (TPSA) is 70.7 Å². The first-order valence-electron chi connectivity index (χ1n) is 12.2. The fourth-order valence-electron chi connectivity index (χ4n) is 4.10. The maximum absolute atomic E-state index is 13.2. The van der Waals surface area contributed by atoms with Crippen molar-refractivity contribution in [1.29, 1.82) is 0 Å². The Bertz CT molecular complexity index is 1050. The van der Waals surface area contributed by atoms with Crippen LogP contribution >= 0.6 is 28.1 Å². The van der Waals surface area contributed by atoms with E-state index in [4.69, 9.17) is 17.0 Å². The standard InChI is InChI=1S/C27H34BrN3O3S/c1-18(2)15-16-34-24-14-13-19(17-22(24)28)25(32)30-27(35)29-23-12-8-7-11-21(23)26(33)31(3)20-9-5-4-6-10-20/h7-8,11-14,17-18,20H,4-6,9-10,15-16H2,1-3H3,(H2,29,30,32,35). The monoisotopic (exact) mass is 559 g/mol. The highest BCUT2D eigenvalue weighted by Gasteiger charge is 2.24. The van der Waals surface area contributed by atoms with Crippen molar-refractivity contribution in [3.8, 4) is 5.75 Å². The van der Waals surface area contributed by atoms with E-state index in [1.165, 1.54) is 6.42 Å². The van der Waals surface area contributed by atoms with Gasteiger partial charge in [-0.3, -0.25) is 14.9 Å². The van der Waals surface area contributed by atoms with E-state index >= 15 is 0 Å². The van der Waals surface area contributed by atoms with Gasteiger partial charge in [-0.25, -0.2) is 0 Å². The quantitative estimate of drug-likeness (QED) is 0.366. The second-order valence-corrected chi connectivity index (χ2v) is 10.6. The summed E-state index contributed by atoms with van der Waals surface area (Å²) in [6.07, 6.45) is 6.55. The summed E-state index contributed by atoms with van der Waals surface area (Å²) in [4.78, 5) is 27.8. The third-order valence-corrected chi connectivity index (χ3v) is 7.05. The van der Waals surface area contributed by atoms with Crippen molar-refractivity contribution < 1.29 is 14.3 Å². The average Bonchev–Trinajstić information content (AvgIpc) is 2.84. The molecule has 3 rings (SSSR count). The number of amides is 2. The molecule has 0 spiro atoms. The molecule has 0 aliphatic heterocycles.